The molecule has 67 heavy (non-hydrogen) atoms. The van der Waals surface area contributed by atoms with Gasteiger partial charge in [-0.05, 0) is 91.1 Å². The molecule has 5 aromatic rings. The van der Waals surface area contributed by atoms with Gasteiger partial charge in [0.15, 0.2) is 11.2 Å². The van der Waals surface area contributed by atoms with E-state index in [1.165, 1.54) is 28.4 Å². The molecule has 0 bridgehead atoms. The molecule has 6 aliphatic rings. The quantitative estimate of drug-likeness (QED) is 0.131. The number of nitrogens with zero attached hydrogens (tertiary/aromatic N) is 7. The van der Waals surface area contributed by atoms with Crippen LogP contribution in [0, 0.1) is 22.5 Å². The Morgan fingerprint density at radius 2 is 1.70 bits per heavy atom. The lowest BCUT2D eigenvalue weighted by molar-refractivity contribution is -0.148. The van der Waals surface area contributed by atoms with Crippen molar-refractivity contribution in [2.45, 2.75) is 77.0 Å². The molecular formula is C49H50F2N10O5S. The summed E-state index contributed by atoms with van der Waals surface area (Å²) in [6.07, 6.45) is 7.50. The molecule has 3 N–H and O–H groups in total. The van der Waals surface area contributed by atoms with Crippen molar-refractivity contribution in [3.8, 4) is 11.1 Å². The molecule has 1 spiro atoms. The Labute approximate surface area is 389 Å². The molecule has 0 radical (unpaired) electrons. The minimum absolute atomic E-state index is 0.0520. The largest absolute Gasteiger partial charge is 0.374 e. The number of anilines is 4. The first-order valence-electron chi connectivity index (χ1n) is 23.0. The van der Waals surface area contributed by atoms with Gasteiger partial charge in [-0.15, -0.1) is 11.3 Å². The van der Waals surface area contributed by atoms with Gasteiger partial charge in [0.25, 0.3) is 11.8 Å². The Kier molecular flexibility index (Phi) is 10.6. The van der Waals surface area contributed by atoms with Crippen LogP contribution in [0.1, 0.15) is 78.8 Å². The number of piperidine rings is 2. The number of imide groups is 1. The number of hydrogen-bond donors (Lipinski definition) is 3. The number of amides is 5. The number of fused-ring (bicyclic) bond motifs is 2. The molecule has 15 nitrogen and oxygen atoms in total. The highest BCUT2D eigenvalue weighted by Gasteiger charge is 2.54. The van der Waals surface area contributed by atoms with Crippen LogP contribution in [0.2, 0.25) is 0 Å². The first-order valence-corrected chi connectivity index (χ1v) is 23.8. The van der Waals surface area contributed by atoms with Crippen molar-refractivity contribution < 1.29 is 32.8 Å². The number of aromatic nitrogens is 3. The SMILES string of the molecule is CC1(CC(=O)N2CC3(C2)CN(c2ccc(-c4cc(F)c5c(c4)C(=O)N(C(C(=O)Nc4nccs4)c4ncn6c4CCC6)C5)cc2)C3)CCN(c2ccc(N[C@@H]3CCC(=O)NC3=O)cc2F)CC1. The summed E-state index contributed by atoms with van der Waals surface area (Å²) in [6.45, 7) is 7.20. The summed E-state index contributed by atoms with van der Waals surface area (Å²) in [5, 5.41) is 10.4. The minimum atomic E-state index is -1.06. The summed E-state index contributed by atoms with van der Waals surface area (Å²) in [7, 11) is 0. The molecule has 5 amide bonds. The number of nitrogens with one attached hydrogen (secondary N) is 3. The van der Waals surface area contributed by atoms with Crippen molar-refractivity contribution in [1.29, 1.82) is 0 Å². The van der Waals surface area contributed by atoms with Crippen LogP contribution < -0.4 is 25.8 Å². The number of carbonyl (C=O) groups excluding carboxylic acids is 5. The zero-order valence-corrected chi connectivity index (χ0v) is 37.8. The fraction of sp³-hybridized carbons (Fsp3) is 0.408. The second-order valence-corrected chi connectivity index (χ2v) is 20.4. The van der Waals surface area contributed by atoms with Crippen LogP contribution in [0.5, 0.6) is 0 Å². The molecule has 1 unspecified atom stereocenters. The first-order chi connectivity index (χ1) is 32.3. The summed E-state index contributed by atoms with van der Waals surface area (Å²) in [4.78, 5) is 81.7. The van der Waals surface area contributed by atoms with E-state index in [0.717, 1.165) is 62.3 Å². The van der Waals surface area contributed by atoms with Gasteiger partial charge in [-0.2, -0.15) is 0 Å². The Bertz CT molecular complexity index is 2810. The third kappa shape index (κ3) is 7.97. The highest BCUT2D eigenvalue weighted by molar-refractivity contribution is 7.13. The van der Waals surface area contributed by atoms with Gasteiger partial charge in [-0.25, -0.2) is 18.7 Å². The second kappa shape index (κ2) is 16.6. The highest BCUT2D eigenvalue weighted by Crippen LogP contribution is 2.45. The molecular weight excluding hydrogens is 879 g/mol. The average molecular weight is 929 g/mol. The smallest absolute Gasteiger partial charge is 0.255 e. The topological polar surface area (TPSA) is 165 Å². The molecule has 0 aliphatic carbocycles. The number of aryl methyl sites for hydroxylation is 1. The predicted octanol–water partition coefficient (Wildman–Crippen LogP) is 6.13. The lowest BCUT2D eigenvalue weighted by atomic mass is 9.71. The normalized spacial score (nSPS) is 20.8. The lowest BCUT2D eigenvalue weighted by Gasteiger charge is -2.61. The van der Waals surface area contributed by atoms with Gasteiger partial charge in [0.1, 0.15) is 17.7 Å². The summed E-state index contributed by atoms with van der Waals surface area (Å²) in [6, 6.07) is 14.3. The number of imidazole rings is 1. The molecule has 2 atom stereocenters. The van der Waals surface area contributed by atoms with Crippen molar-refractivity contribution in [2.24, 2.45) is 10.8 Å². The van der Waals surface area contributed by atoms with Crippen LogP contribution in [0.4, 0.5) is 31.0 Å². The van der Waals surface area contributed by atoms with E-state index in [1.807, 2.05) is 38.6 Å². The number of halogens is 2. The standard InChI is InChI=1S/C49H50F2N10O5S/c1-48(12-16-57(17-13-48)38-10-6-31(21-36(38)51)54-37-9-11-40(62)55-44(37)64)22-41(63)60-26-49(27-60)24-59(25-49)32-7-4-29(5-8-32)30-19-33-34(35(50)20-30)23-61(46(33)66)43(45(65)56-47-52-14-18-67-47)42-39-3-2-15-58(39)28-53-42/h4-8,10,14,18-21,28,37,43,54H,2-3,9,11-13,15-17,22-27H2,1H3,(H,52,56,65)(H,55,62,64)/t37-,43?/m1/s1. The molecule has 11 rings (SSSR count). The Morgan fingerprint density at radius 3 is 2.43 bits per heavy atom. The maximum atomic E-state index is 16.0. The molecule has 3 aromatic carbocycles. The first kappa shape index (κ1) is 42.9. The van der Waals surface area contributed by atoms with Crippen LogP contribution in [0.3, 0.4) is 0 Å². The average Bonchev–Trinajstić information content (AvgIpc) is 4.10. The van der Waals surface area contributed by atoms with E-state index < -0.39 is 35.6 Å². The third-order valence-electron chi connectivity index (χ3n) is 14.7. The van der Waals surface area contributed by atoms with E-state index in [2.05, 4.69) is 37.7 Å². The van der Waals surface area contributed by atoms with E-state index in [9.17, 15) is 24.0 Å². The summed E-state index contributed by atoms with van der Waals surface area (Å²) < 4.78 is 33.3. The van der Waals surface area contributed by atoms with Gasteiger partial charge in [0, 0.05) is 104 Å². The number of likely N-dealkylation sites (tertiary alicyclic amines) is 1. The van der Waals surface area contributed by atoms with Gasteiger partial charge in [0.05, 0.1) is 24.3 Å². The maximum Gasteiger partial charge on any atom is 0.255 e. The van der Waals surface area contributed by atoms with E-state index >= 15 is 8.78 Å². The zero-order valence-electron chi connectivity index (χ0n) is 37.0. The zero-order chi connectivity index (χ0) is 46.2. The number of thiazole rings is 1. The Balaban J connectivity index is 0.675. The summed E-state index contributed by atoms with van der Waals surface area (Å²) >= 11 is 1.27. The minimum Gasteiger partial charge on any atom is -0.374 e. The van der Waals surface area contributed by atoms with Crippen LogP contribution >= 0.6 is 11.3 Å². The van der Waals surface area contributed by atoms with Crippen LogP contribution in [0.25, 0.3) is 11.1 Å². The van der Waals surface area contributed by atoms with Crippen LogP contribution in [-0.4, -0.2) is 99.2 Å². The molecule has 18 heteroatoms. The fourth-order valence-corrected chi connectivity index (χ4v) is 11.5. The van der Waals surface area contributed by atoms with E-state index in [0.29, 0.717) is 66.8 Å². The van der Waals surface area contributed by atoms with Crippen molar-refractivity contribution in [1.82, 2.24) is 29.7 Å². The van der Waals surface area contributed by atoms with Crippen molar-refractivity contribution in [3.63, 3.8) is 0 Å². The summed E-state index contributed by atoms with van der Waals surface area (Å²) in [5.74, 6) is -2.31. The molecule has 8 heterocycles. The van der Waals surface area contributed by atoms with Crippen LogP contribution in [-0.2, 0) is 38.7 Å². The molecule has 4 saturated heterocycles. The van der Waals surface area contributed by atoms with Gasteiger partial charge < -0.3 is 29.5 Å². The Morgan fingerprint density at radius 1 is 0.910 bits per heavy atom. The molecule has 346 valence electrons. The number of hydrogen-bond acceptors (Lipinski definition) is 11. The predicted molar refractivity (Wildman–Crippen MR) is 247 cm³/mol. The monoisotopic (exact) mass is 928 g/mol. The van der Waals surface area contributed by atoms with Crippen LogP contribution in [0.15, 0.2) is 72.5 Å². The van der Waals surface area contributed by atoms with Gasteiger partial charge in [0.2, 0.25) is 17.7 Å². The molecule has 4 fully saturated rings. The van der Waals surface area contributed by atoms with Crippen molar-refractivity contribution >= 4 is 63.1 Å². The van der Waals surface area contributed by atoms with Gasteiger partial charge >= 0.3 is 0 Å². The van der Waals surface area contributed by atoms with E-state index in [4.69, 9.17) is 0 Å². The number of rotatable bonds is 11. The molecule has 2 aromatic heterocycles. The van der Waals surface area contributed by atoms with Crippen molar-refractivity contribution in [2.75, 3.05) is 59.7 Å². The Hall–Kier alpha value is -6.69. The van der Waals surface area contributed by atoms with Gasteiger partial charge in [-0.1, -0.05) is 19.1 Å². The second-order valence-electron chi connectivity index (χ2n) is 19.5. The van der Waals surface area contributed by atoms with Gasteiger partial charge in [-0.3, -0.25) is 34.6 Å². The fourth-order valence-electron chi connectivity index (χ4n) is 10.9. The molecule has 6 aliphatic heterocycles. The van der Waals surface area contributed by atoms with Crippen molar-refractivity contribution in [3.05, 3.63) is 107 Å². The van der Waals surface area contributed by atoms with E-state index in [1.54, 1.807) is 36.1 Å². The molecule has 0 saturated carbocycles. The third-order valence-corrected chi connectivity index (χ3v) is 15.4. The highest BCUT2D eigenvalue weighted by atomic mass is 32.1. The lowest BCUT2D eigenvalue weighted by Crippen LogP contribution is -2.73. The number of benzene rings is 3. The van der Waals surface area contributed by atoms with E-state index in [-0.39, 0.29) is 52.6 Å². The maximum absolute atomic E-state index is 16.0. The summed E-state index contributed by atoms with van der Waals surface area (Å²) in [5.41, 5.74) is 5.09. The number of carbonyl (C=O) groups is 5.